The van der Waals surface area contributed by atoms with Crippen molar-refractivity contribution in [1.29, 1.82) is 0 Å². The van der Waals surface area contributed by atoms with Crippen molar-refractivity contribution in [3.8, 4) is 11.5 Å². The molecule has 1 heterocycles. The predicted octanol–water partition coefficient (Wildman–Crippen LogP) is 4.21. The maximum Gasteiger partial charge on any atom is 0.252 e. The van der Waals surface area contributed by atoms with Gasteiger partial charge < -0.3 is 20.1 Å². The van der Waals surface area contributed by atoms with Crippen LogP contribution in [0.25, 0.3) is 0 Å². The number of rotatable bonds is 9. The summed E-state index contributed by atoms with van der Waals surface area (Å²) in [6.07, 6.45) is 3.97. The Bertz CT molecular complexity index is 942. The third-order valence-electron chi connectivity index (χ3n) is 4.32. The van der Waals surface area contributed by atoms with Gasteiger partial charge in [0.15, 0.2) is 0 Å². The number of methoxy groups -OCH3 is 1. The highest BCUT2D eigenvalue weighted by Crippen LogP contribution is 2.27. The summed E-state index contributed by atoms with van der Waals surface area (Å²) in [7, 11) is 1.64. The zero-order valence-electron chi connectivity index (χ0n) is 16.6. The second-order valence-corrected chi connectivity index (χ2v) is 6.37. The van der Waals surface area contributed by atoms with Gasteiger partial charge in [-0.3, -0.25) is 9.78 Å². The van der Waals surface area contributed by atoms with E-state index in [0.29, 0.717) is 18.7 Å². The Hall–Kier alpha value is -3.54. The van der Waals surface area contributed by atoms with Crippen LogP contribution in [0.1, 0.15) is 22.8 Å². The maximum atomic E-state index is 12.5. The average molecular weight is 391 g/mol. The minimum absolute atomic E-state index is 0.159. The lowest BCUT2D eigenvalue weighted by Gasteiger charge is -2.12. The summed E-state index contributed by atoms with van der Waals surface area (Å²) in [5, 5.41) is 6.20. The van der Waals surface area contributed by atoms with Crippen LogP contribution >= 0.6 is 0 Å². The second kappa shape index (κ2) is 10.1. The molecule has 150 valence electrons. The van der Waals surface area contributed by atoms with Gasteiger partial charge in [0.2, 0.25) is 0 Å². The summed E-state index contributed by atoms with van der Waals surface area (Å²) in [5.41, 5.74) is 3.18. The molecule has 1 aromatic heterocycles. The summed E-state index contributed by atoms with van der Waals surface area (Å²) in [6, 6.07) is 17.3. The van der Waals surface area contributed by atoms with Crippen molar-refractivity contribution in [2.45, 2.75) is 13.3 Å². The topological polar surface area (TPSA) is 72.5 Å². The van der Waals surface area contributed by atoms with Gasteiger partial charge in [-0.05, 0) is 49.2 Å². The van der Waals surface area contributed by atoms with Gasteiger partial charge in [0.25, 0.3) is 5.91 Å². The molecule has 2 aromatic carbocycles. The van der Waals surface area contributed by atoms with E-state index in [4.69, 9.17) is 9.47 Å². The molecule has 0 fully saturated rings. The van der Waals surface area contributed by atoms with Crippen LogP contribution < -0.4 is 20.1 Å². The molecule has 0 unspecified atom stereocenters. The van der Waals surface area contributed by atoms with Crippen LogP contribution in [-0.2, 0) is 6.42 Å². The Balaban J connectivity index is 1.59. The molecule has 0 aliphatic heterocycles. The Labute approximate surface area is 170 Å². The number of pyridine rings is 1. The second-order valence-electron chi connectivity index (χ2n) is 6.37. The van der Waals surface area contributed by atoms with Crippen molar-refractivity contribution in [1.82, 2.24) is 10.3 Å². The molecule has 0 saturated heterocycles. The number of hydrogen-bond acceptors (Lipinski definition) is 5. The molecular formula is C23H25N3O3. The molecule has 6 nitrogen and oxygen atoms in total. The normalized spacial score (nSPS) is 10.3. The highest BCUT2D eigenvalue weighted by Gasteiger charge is 2.08. The number of para-hydroxylation sites is 2. The predicted molar refractivity (Wildman–Crippen MR) is 114 cm³/mol. The molecule has 0 radical (unpaired) electrons. The molecule has 1 amide bonds. The minimum atomic E-state index is -0.159. The van der Waals surface area contributed by atoms with Gasteiger partial charge in [-0.15, -0.1) is 0 Å². The molecule has 6 heteroatoms. The number of ether oxygens (including phenoxy) is 2. The monoisotopic (exact) mass is 391 g/mol. The van der Waals surface area contributed by atoms with E-state index in [0.717, 1.165) is 34.9 Å². The number of hydrogen-bond donors (Lipinski definition) is 2. The summed E-state index contributed by atoms with van der Waals surface area (Å²) in [4.78, 5) is 16.7. The van der Waals surface area contributed by atoms with Gasteiger partial charge in [-0.1, -0.05) is 24.3 Å². The van der Waals surface area contributed by atoms with Gasteiger partial charge in [0.05, 0.1) is 36.9 Å². The van der Waals surface area contributed by atoms with Crippen LogP contribution in [0.5, 0.6) is 11.5 Å². The number of aromatic nitrogens is 1. The first-order valence-electron chi connectivity index (χ1n) is 9.54. The average Bonchev–Trinajstić information content (AvgIpc) is 2.76. The fraction of sp³-hybridized carbons (Fsp3) is 0.217. The number of nitrogens with one attached hydrogen (secondary N) is 2. The van der Waals surface area contributed by atoms with Crippen molar-refractivity contribution >= 4 is 17.3 Å². The lowest BCUT2D eigenvalue weighted by atomic mass is 10.1. The molecule has 0 spiro atoms. The Morgan fingerprint density at radius 1 is 1.07 bits per heavy atom. The Kier molecular flexibility index (Phi) is 7.05. The molecule has 3 aromatic rings. The van der Waals surface area contributed by atoms with Gasteiger partial charge in [-0.25, -0.2) is 0 Å². The lowest BCUT2D eigenvalue weighted by Crippen LogP contribution is -2.25. The number of anilines is 2. The lowest BCUT2D eigenvalue weighted by molar-refractivity contribution is 0.0954. The van der Waals surface area contributed by atoms with Crippen molar-refractivity contribution in [2.24, 2.45) is 0 Å². The molecule has 0 bridgehead atoms. The summed E-state index contributed by atoms with van der Waals surface area (Å²) in [6.45, 7) is 3.05. The van der Waals surface area contributed by atoms with Crippen LogP contribution in [0.2, 0.25) is 0 Å². The van der Waals surface area contributed by atoms with Crippen LogP contribution in [0, 0.1) is 0 Å². The van der Waals surface area contributed by atoms with E-state index in [-0.39, 0.29) is 5.91 Å². The summed E-state index contributed by atoms with van der Waals surface area (Å²) in [5.74, 6) is 1.41. The summed E-state index contributed by atoms with van der Waals surface area (Å²) >= 11 is 0. The summed E-state index contributed by atoms with van der Waals surface area (Å²) < 4.78 is 10.8. The van der Waals surface area contributed by atoms with Crippen LogP contribution in [-0.4, -0.2) is 31.2 Å². The van der Waals surface area contributed by atoms with Crippen LogP contribution in [0.15, 0.2) is 67.0 Å². The minimum Gasteiger partial charge on any atom is -0.497 e. The van der Waals surface area contributed by atoms with Gasteiger partial charge >= 0.3 is 0 Å². The first-order chi connectivity index (χ1) is 14.2. The third-order valence-corrected chi connectivity index (χ3v) is 4.32. The SMILES string of the molecule is CCOc1ccccc1Nc1cncc(C(=O)NCCc2ccc(OC)cc2)c1. The van der Waals surface area contributed by atoms with Crippen LogP contribution in [0.3, 0.4) is 0 Å². The molecule has 3 rings (SSSR count). The maximum absolute atomic E-state index is 12.5. The molecule has 0 aliphatic carbocycles. The largest absolute Gasteiger partial charge is 0.497 e. The molecular weight excluding hydrogens is 366 g/mol. The van der Waals surface area contributed by atoms with Crippen LogP contribution in [0.4, 0.5) is 11.4 Å². The standard InChI is InChI=1S/C23H25N3O3/c1-3-29-22-7-5-4-6-21(22)26-19-14-18(15-24-16-19)23(27)25-13-12-17-8-10-20(28-2)11-9-17/h4-11,14-16,26H,3,12-13H2,1-2H3,(H,25,27). The van der Waals surface area contributed by atoms with Gasteiger partial charge in [-0.2, -0.15) is 0 Å². The fourth-order valence-corrected chi connectivity index (χ4v) is 2.85. The number of amides is 1. The zero-order valence-corrected chi connectivity index (χ0v) is 16.6. The van der Waals surface area contributed by atoms with Crippen molar-refractivity contribution in [3.63, 3.8) is 0 Å². The van der Waals surface area contributed by atoms with Gasteiger partial charge in [0.1, 0.15) is 11.5 Å². The smallest absolute Gasteiger partial charge is 0.252 e. The van der Waals surface area contributed by atoms with E-state index in [2.05, 4.69) is 15.6 Å². The molecule has 0 saturated carbocycles. The number of carbonyl (C=O) groups is 1. The van der Waals surface area contributed by atoms with E-state index >= 15 is 0 Å². The van der Waals surface area contributed by atoms with E-state index in [9.17, 15) is 4.79 Å². The first-order valence-corrected chi connectivity index (χ1v) is 9.54. The third kappa shape index (κ3) is 5.72. The van der Waals surface area contributed by atoms with E-state index < -0.39 is 0 Å². The van der Waals surface area contributed by atoms with Crippen molar-refractivity contribution in [3.05, 3.63) is 78.1 Å². The van der Waals surface area contributed by atoms with E-state index in [1.807, 2.05) is 55.5 Å². The van der Waals surface area contributed by atoms with Crippen molar-refractivity contribution < 1.29 is 14.3 Å². The fourth-order valence-electron chi connectivity index (χ4n) is 2.85. The Morgan fingerprint density at radius 3 is 2.62 bits per heavy atom. The highest BCUT2D eigenvalue weighted by atomic mass is 16.5. The Morgan fingerprint density at radius 2 is 1.86 bits per heavy atom. The number of nitrogens with zero attached hydrogens (tertiary/aromatic N) is 1. The van der Waals surface area contributed by atoms with E-state index in [1.165, 1.54) is 0 Å². The molecule has 2 N–H and O–H groups in total. The molecule has 0 aliphatic rings. The van der Waals surface area contributed by atoms with Gasteiger partial charge in [0, 0.05) is 12.7 Å². The van der Waals surface area contributed by atoms with Crippen molar-refractivity contribution in [2.75, 3.05) is 25.6 Å². The number of benzene rings is 2. The van der Waals surface area contributed by atoms with E-state index in [1.54, 1.807) is 25.6 Å². The number of carbonyl (C=O) groups excluding carboxylic acids is 1. The zero-order chi connectivity index (χ0) is 20.5. The molecule has 29 heavy (non-hydrogen) atoms. The first kappa shape index (κ1) is 20.2. The molecule has 0 atom stereocenters. The quantitative estimate of drug-likeness (QED) is 0.572. The highest BCUT2D eigenvalue weighted by molar-refractivity contribution is 5.94.